The van der Waals surface area contributed by atoms with Crippen molar-refractivity contribution in [3.8, 4) is 11.5 Å². The molecule has 0 atom stereocenters. The highest BCUT2D eigenvalue weighted by Gasteiger charge is 2.13. The summed E-state index contributed by atoms with van der Waals surface area (Å²) in [5.41, 5.74) is -0.488. The maximum Gasteiger partial charge on any atom is 0.419 e. The van der Waals surface area contributed by atoms with Crippen molar-refractivity contribution in [2.75, 3.05) is 14.2 Å². The highest BCUT2D eigenvalue weighted by Crippen LogP contribution is 2.27. The molecule has 6 heteroatoms. The van der Waals surface area contributed by atoms with E-state index in [0.717, 1.165) is 0 Å². The maximum atomic E-state index is 11.5. The highest BCUT2D eigenvalue weighted by molar-refractivity contribution is 5.88. The van der Waals surface area contributed by atoms with Crippen molar-refractivity contribution in [3.05, 3.63) is 33.1 Å². The molecule has 0 spiro atoms. The largest absolute Gasteiger partial charge is 0.496 e. The third-order valence-electron chi connectivity index (χ3n) is 2.19. The summed E-state index contributed by atoms with van der Waals surface area (Å²) in [6.07, 6.45) is 0. The summed E-state index contributed by atoms with van der Waals surface area (Å²) in [6, 6.07) is 3.16. The molecule has 0 aliphatic carbocycles. The smallest absolute Gasteiger partial charge is 0.419 e. The number of benzene rings is 1. The number of aromatic nitrogens is 1. The van der Waals surface area contributed by atoms with Gasteiger partial charge in [-0.2, -0.15) is 0 Å². The van der Waals surface area contributed by atoms with Crippen molar-refractivity contribution in [1.29, 1.82) is 0 Å². The number of nitrogens with one attached hydrogen (secondary N) is 1. The van der Waals surface area contributed by atoms with Gasteiger partial charge in [0.2, 0.25) is 0 Å². The van der Waals surface area contributed by atoms with Crippen molar-refractivity contribution >= 4 is 10.9 Å². The molecule has 16 heavy (non-hydrogen) atoms. The predicted octanol–water partition coefficient (Wildman–Crippen LogP) is 0.498. The molecule has 0 fully saturated rings. The zero-order valence-corrected chi connectivity index (χ0v) is 8.70. The van der Waals surface area contributed by atoms with Gasteiger partial charge in [0.15, 0.2) is 0 Å². The third kappa shape index (κ3) is 1.44. The Labute approximate surface area is 89.4 Å². The Hall–Kier alpha value is -2.24. The molecule has 0 amide bonds. The van der Waals surface area contributed by atoms with Crippen LogP contribution in [0.3, 0.4) is 0 Å². The molecule has 6 nitrogen and oxygen atoms in total. The Balaban J connectivity index is 3.02. The minimum Gasteiger partial charge on any atom is -0.496 e. The van der Waals surface area contributed by atoms with Gasteiger partial charge in [-0.1, -0.05) is 0 Å². The van der Waals surface area contributed by atoms with Crippen LogP contribution in [-0.2, 0) is 0 Å². The van der Waals surface area contributed by atoms with Gasteiger partial charge >= 0.3 is 11.4 Å². The lowest BCUT2D eigenvalue weighted by Gasteiger charge is -2.07. The first-order valence-electron chi connectivity index (χ1n) is 4.45. The second-order valence-corrected chi connectivity index (χ2v) is 3.02. The summed E-state index contributed by atoms with van der Waals surface area (Å²) in [5.74, 6) is -0.134. The molecule has 0 saturated heterocycles. The van der Waals surface area contributed by atoms with E-state index in [4.69, 9.17) is 9.47 Å². The fourth-order valence-electron chi connectivity index (χ4n) is 1.49. The van der Waals surface area contributed by atoms with E-state index in [-0.39, 0.29) is 10.9 Å². The lowest BCUT2D eigenvalue weighted by atomic mass is 10.2. The molecule has 0 saturated carbocycles. The Morgan fingerprint density at radius 1 is 1.12 bits per heavy atom. The van der Waals surface area contributed by atoms with Crippen molar-refractivity contribution in [2.45, 2.75) is 0 Å². The van der Waals surface area contributed by atoms with E-state index in [1.807, 2.05) is 0 Å². The summed E-state index contributed by atoms with van der Waals surface area (Å²) >= 11 is 0. The third-order valence-corrected chi connectivity index (χ3v) is 2.19. The first-order chi connectivity index (χ1) is 7.67. The monoisotopic (exact) mass is 223 g/mol. The minimum atomic E-state index is -0.830. The number of H-pyrrole nitrogens is 1. The summed E-state index contributed by atoms with van der Waals surface area (Å²) < 4.78 is 14.5. The van der Waals surface area contributed by atoms with E-state index in [2.05, 4.69) is 9.40 Å². The molecule has 1 N–H and O–H groups in total. The number of rotatable bonds is 2. The van der Waals surface area contributed by atoms with Gasteiger partial charge in [0.25, 0.3) is 0 Å². The van der Waals surface area contributed by atoms with Crippen LogP contribution in [0.1, 0.15) is 0 Å². The van der Waals surface area contributed by atoms with Crippen LogP contribution in [0.4, 0.5) is 0 Å². The quantitative estimate of drug-likeness (QED) is 0.801. The molecule has 84 valence electrons. The number of hydrogen-bond donors (Lipinski definition) is 1. The molecule has 0 unspecified atom stereocenters. The lowest BCUT2D eigenvalue weighted by molar-refractivity contribution is 0.402. The van der Waals surface area contributed by atoms with Crippen molar-refractivity contribution < 1.29 is 13.9 Å². The molecule has 1 aromatic heterocycles. The van der Waals surface area contributed by atoms with Gasteiger partial charge in [-0.3, -0.25) is 4.98 Å². The van der Waals surface area contributed by atoms with Gasteiger partial charge in [0, 0.05) is 0 Å². The first kappa shape index (κ1) is 10.3. The number of hydrogen-bond acceptors (Lipinski definition) is 5. The Morgan fingerprint density at radius 3 is 2.38 bits per heavy atom. The number of ether oxygens (including phenoxy) is 2. The normalized spacial score (nSPS) is 10.4. The Kier molecular flexibility index (Phi) is 2.40. The van der Waals surface area contributed by atoms with Gasteiger partial charge in [-0.05, 0) is 12.1 Å². The Morgan fingerprint density at radius 2 is 1.75 bits per heavy atom. The SMILES string of the molecule is COc1ccc(OC)c2c(=O)oc(=O)[nH]c12. The molecule has 0 bridgehead atoms. The summed E-state index contributed by atoms with van der Waals surface area (Å²) in [7, 11) is 2.86. The average molecular weight is 223 g/mol. The molecule has 0 radical (unpaired) electrons. The number of methoxy groups -OCH3 is 2. The average Bonchev–Trinajstić information content (AvgIpc) is 2.27. The van der Waals surface area contributed by atoms with E-state index in [1.54, 1.807) is 12.1 Å². The zero-order valence-electron chi connectivity index (χ0n) is 8.70. The molecular weight excluding hydrogens is 214 g/mol. The van der Waals surface area contributed by atoms with Gasteiger partial charge in [-0.15, -0.1) is 0 Å². The summed E-state index contributed by atoms with van der Waals surface area (Å²) in [4.78, 5) is 25.0. The van der Waals surface area contributed by atoms with Crippen LogP contribution in [0.2, 0.25) is 0 Å². The van der Waals surface area contributed by atoms with Crippen molar-refractivity contribution in [3.63, 3.8) is 0 Å². The summed E-state index contributed by atoms with van der Waals surface area (Å²) in [5, 5.41) is 0.154. The van der Waals surface area contributed by atoms with Crippen LogP contribution in [0.15, 0.2) is 26.1 Å². The van der Waals surface area contributed by atoms with Crippen LogP contribution in [-0.4, -0.2) is 19.2 Å². The molecule has 2 aromatic rings. The molecule has 1 aromatic carbocycles. The fourth-order valence-corrected chi connectivity index (χ4v) is 1.49. The highest BCUT2D eigenvalue weighted by atomic mass is 16.5. The van der Waals surface area contributed by atoms with E-state index in [1.165, 1.54) is 14.2 Å². The molecule has 2 rings (SSSR count). The first-order valence-corrected chi connectivity index (χ1v) is 4.45. The van der Waals surface area contributed by atoms with Crippen LogP contribution >= 0.6 is 0 Å². The fraction of sp³-hybridized carbons (Fsp3) is 0.200. The van der Waals surface area contributed by atoms with Crippen LogP contribution < -0.4 is 20.9 Å². The molecule has 1 heterocycles. The van der Waals surface area contributed by atoms with E-state index < -0.39 is 11.4 Å². The number of fused-ring (bicyclic) bond motifs is 1. The lowest BCUT2D eigenvalue weighted by Crippen LogP contribution is -2.15. The molecular formula is C10H9NO5. The van der Waals surface area contributed by atoms with Crippen LogP contribution in [0.25, 0.3) is 10.9 Å². The zero-order chi connectivity index (χ0) is 11.7. The van der Waals surface area contributed by atoms with Crippen LogP contribution in [0, 0.1) is 0 Å². The second kappa shape index (κ2) is 3.73. The van der Waals surface area contributed by atoms with E-state index >= 15 is 0 Å². The van der Waals surface area contributed by atoms with E-state index in [9.17, 15) is 9.59 Å². The number of aromatic amines is 1. The summed E-state index contributed by atoms with van der Waals surface area (Å²) in [6.45, 7) is 0. The van der Waals surface area contributed by atoms with Crippen LogP contribution in [0.5, 0.6) is 11.5 Å². The van der Waals surface area contributed by atoms with Gasteiger partial charge in [0.1, 0.15) is 22.4 Å². The van der Waals surface area contributed by atoms with Gasteiger partial charge in [0.05, 0.1) is 14.2 Å². The Bertz CT molecular complexity index is 640. The minimum absolute atomic E-state index is 0.154. The standard InChI is InChI=1S/C10H9NO5/c1-14-5-3-4-6(15-2)8-7(5)9(12)16-10(13)11-8/h3-4H,1-2H3,(H,11,13). The molecule has 0 aliphatic rings. The van der Waals surface area contributed by atoms with E-state index in [0.29, 0.717) is 11.5 Å². The molecule has 0 aliphatic heterocycles. The van der Waals surface area contributed by atoms with Crippen molar-refractivity contribution in [1.82, 2.24) is 4.98 Å². The van der Waals surface area contributed by atoms with Crippen molar-refractivity contribution in [2.24, 2.45) is 0 Å². The van der Waals surface area contributed by atoms with Gasteiger partial charge in [-0.25, -0.2) is 9.59 Å². The second-order valence-electron chi connectivity index (χ2n) is 3.02. The predicted molar refractivity (Wildman–Crippen MR) is 56.2 cm³/mol. The topological polar surface area (TPSA) is 81.5 Å². The van der Waals surface area contributed by atoms with Gasteiger partial charge < -0.3 is 13.9 Å². The maximum absolute atomic E-state index is 11.5.